The third-order valence-electron chi connectivity index (χ3n) is 6.41. The second-order valence-corrected chi connectivity index (χ2v) is 9.75. The van der Waals surface area contributed by atoms with Crippen LogP contribution in [0.1, 0.15) is 30.2 Å². The number of amides is 1. The van der Waals surface area contributed by atoms with Gasteiger partial charge in [0.2, 0.25) is 5.91 Å². The normalized spacial score (nSPS) is 21.7. The molecule has 2 aliphatic rings. The summed E-state index contributed by atoms with van der Waals surface area (Å²) in [6.07, 6.45) is 0.349. The van der Waals surface area contributed by atoms with Crippen molar-refractivity contribution < 1.29 is 24.5 Å². The van der Waals surface area contributed by atoms with Crippen molar-refractivity contribution in [3.63, 3.8) is 0 Å². The molecule has 5 rings (SSSR count). The van der Waals surface area contributed by atoms with E-state index in [0.717, 1.165) is 27.9 Å². The number of fused-ring (bicyclic) bond motifs is 2. The molecular weight excluding hydrogens is 468 g/mol. The van der Waals surface area contributed by atoms with Gasteiger partial charge in [0.25, 0.3) is 0 Å². The van der Waals surface area contributed by atoms with Crippen LogP contribution >= 0.6 is 11.8 Å². The van der Waals surface area contributed by atoms with Gasteiger partial charge >= 0.3 is 0 Å². The number of ether oxygens (including phenoxy) is 2. The van der Waals surface area contributed by atoms with Gasteiger partial charge in [-0.05, 0) is 42.7 Å². The summed E-state index contributed by atoms with van der Waals surface area (Å²) >= 11 is 1.49. The number of hydrogen-bond donors (Lipinski definition) is 4. The summed E-state index contributed by atoms with van der Waals surface area (Å²) in [7, 11) is 1.57. The first-order valence-corrected chi connectivity index (χ1v) is 12.6. The number of nitrogens with one attached hydrogen (secondary N) is 2. The topological polar surface area (TPSA) is 126 Å². The van der Waals surface area contributed by atoms with E-state index in [1.54, 1.807) is 19.4 Å². The monoisotopic (exact) mass is 496 g/mol. The van der Waals surface area contributed by atoms with E-state index in [0.29, 0.717) is 42.5 Å². The highest BCUT2D eigenvalue weighted by atomic mass is 32.2. The third-order valence-corrected chi connectivity index (χ3v) is 7.46. The molecule has 4 N–H and O–H groups in total. The average molecular weight is 497 g/mol. The minimum absolute atomic E-state index is 0.0357. The van der Waals surface area contributed by atoms with Gasteiger partial charge in [0.15, 0.2) is 0 Å². The van der Waals surface area contributed by atoms with E-state index in [1.807, 2.05) is 30.3 Å². The Morgan fingerprint density at radius 2 is 2.17 bits per heavy atom. The van der Waals surface area contributed by atoms with Crippen LogP contribution in [0.15, 0.2) is 47.5 Å². The molecule has 0 bridgehead atoms. The predicted octanol–water partition coefficient (Wildman–Crippen LogP) is 2.41. The van der Waals surface area contributed by atoms with Crippen LogP contribution in [0.5, 0.6) is 5.75 Å². The van der Waals surface area contributed by atoms with E-state index < -0.39 is 18.3 Å². The molecule has 0 spiro atoms. The van der Waals surface area contributed by atoms with Gasteiger partial charge in [-0.25, -0.2) is 4.98 Å². The average Bonchev–Trinajstić information content (AvgIpc) is 2.90. The number of hydrogen-bond acceptors (Lipinski definition) is 9. The number of pyridine rings is 2. The highest BCUT2D eigenvalue weighted by Crippen LogP contribution is 2.32. The maximum atomic E-state index is 11.6. The number of thioether (sulfide) groups is 1. The first-order valence-electron chi connectivity index (χ1n) is 11.6. The summed E-state index contributed by atoms with van der Waals surface area (Å²) in [6.45, 7) is 0.958. The Hall–Kier alpha value is -2.76. The van der Waals surface area contributed by atoms with Crippen molar-refractivity contribution in [2.24, 2.45) is 0 Å². The molecular formula is C25H28N4O5S. The molecule has 35 heavy (non-hydrogen) atoms. The number of carbonyl (C=O) groups is 1. The van der Waals surface area contributed by atoms with E-state index in [1.165, 1.54) is 11.8 Å². The van der Waals surface area contributed by atoms with E-state index in [-0.39, 0.29) is 11.9 Å². The van der Waals surface area contributed by atoms with Gasteiger partial charge in [0.1, 0.15) is 23.8 Å². The maximum absolute atomic E-state index is 11.6. The number of carbonyl (C=O) groups excluding carboxylic acids is 1. The van der Waals surface area contributed by atoms with Crippen molar-refractivity contribution in [1.29, 1.82) is 0 Å². The molecule has 0 saturated carbocycles. The van der Waals surface area contributed by atoms with Crippen LogP contribution in [-0.2, 0) is 16.1 Å². The summed E-state index contributed by atoms with van der Waals surface area (Å²) in [4.78, 5) is 21.5. The quantitative estimate of drug-likeness (QED) is 0.390. The summed E-state index contributed by atoms with van der Waals surface area (Å²) in [6, 6.07) is 11.3. The molecule has 4 atom stereocenters. The number of benzene rings is 1. The fourth-order valence-corrected chi connectivity index (χ4v) is 5.22. The molecule has 9 nitrogen and oxygen atoms in total. The highest BCUT2D eigenvalue weighted by molar-refractivity contribution is 8.00. The Morgan fingerprint density at radius 1 is 1.29 bits per heavy atom. The first-order chi connectivity index (χ1) is 17.0. The standard InChI is InChI=1S/C25H28N4O5S/c1-33-16-9-18-17(3-2-4-19(18)27-11-16)23(31)24(32)20-7-5-15(12-34-20)26-10-14-6-8-21-25(28-14)29-22(30)13-35-21/h2-4,6,8-9,11,15,20,23-24,26,31-32H,5,7,10,12-13H2,1H3,(H,28,29,30)/t15-,20+,23?,24?/m1/s1. The minimum atomic E-state index is -1.12. The van der Waals surface area contributed by atoms with Crippen molar-refractivity contribution in [3.05, 3.63) is 53.9 Å². The van der Waals surface area contributed by atoms with E-state index >= 15 is 0 Å². The van der Waals surface area contributed by atoms with Gasteiger partial charge in [0.05, 0.1) is 47.9 Å². The summed E-state index contributed by atoms with van der Waals surface area (Å²) < 4.78 is 11.2. The number of rotatable bonds is 7. The van der Waals surface area contributed by atoms with Crippen molar-refractivity contribution in [2.75, 3.05) is 24.8 Å². The van der Waals surface area contributed by atoms with E-state index in [9.17, 15) is 15.0 Å². The van der Waals surface area contributed by atoms with Crippen molar-refractivity contribution in [1.82, 2.24) is 15.3 Å². The van der Waals surface area contributed by atoms with Gasteiger partial charge in [-0.15, -0.1) is 11.8 Å². The third kappa shape index (κ3) is 5.26. The van der Waals surface area contributed by atoms with Crippen molar-refractivity contribution in [2.45, 2.75) is 48.6 Å². The number of aliphatic hydroxyl groups is 2. The zero-order valence-corrected chi connectivity index (χ0v) is 20.1. The van der Waals surface area contributed by atoms with Crippen LogP contribution in [0.4, 0.5) is 5.82 Å². The highest BCUT2D eigenvalue weighted by Gasteiger charge is 2.33. The molecule has 0 aliphatic carbocycles. The molecule has 2 aliphatic heterocycles. The van der Waals surface area contributed by atoms with Crippen molar-refractivity contribution in [3.8, 4) is 5.75 Å². The lowest BCUT2D eigenvalue weighted by molar-refractivity contribution is -0.114. The summed E-state index contributed by atoms with van der Waals surface area (Å²) in [5.74, 6) is 1.58. The van der Waals surface area contributed by atoms with Gasteiger partial charge in [-0.2, -0.15) is 0 Å². The smallest absolute Gasteiger partial charge is 0.235 e. The van der Waals surface area contributed by atoms with Crippen LogP contribution in [0.2, 0.25) is 0 Å². The Balaban J connectivity index is 1.17. The molecule has 1 amide bonds. The largest absolute Gasteiger partial charge is 0.495 e. The first kappa shape index (κ1) is 24.0. The van der Waals surface area contributed by atoms with Gasteiger partial charge in [0, 0.05) is 18.0 Å². The van der Waals surface area contributed by atoms with Crippen LogP contribution in [-0.4, -0.2) is 63.8 Å². The van der Waals surface area contributed by atoms with Gasteiger partial charge in [-0.1, -0.05) is 12.1 Å². The Morgan fingerprint density at radius 3 is 2.97 bits per heavy atom. The van der Waals surface area contributed by atoms with Crippen LogP contribution in [0.25, 0.3) is 10.9 Å². The van der Waals surface area contributed by atoms with Crippen LogP contribution in [0, 0.1) is 0 Å². The molecule has 1 fully saturated rings. The zero-order valence-electron chi connectivity index (χ0n) is 19.3. The minimum Gasteiger partial charge on any atom is -0.495 e. The predicted molar refractivity (Wildman–Crippen MR) is 132 cm³/mol. The van der Waals surface area contributed by atoms with Crippen molar-refractivity contribution >= 4 is 34.4 Å². The second-order valence-electron chi connectivity index (χ2n) is 8.74. The van der Waals surface area contributed by atoms with Crippen LogP contribution < -0.4 is 15.4 Å². The van der Waals surface area contributed by atoms with Crippen LogP contribution in [0.3, 0.4) is 0 Å². The number of nitrogens with zero attached hydrogens (tertiary/aromatic N) is 2. The van der Waals surface area contributed by atoms with Gasteiger partial charge in [-0.3, -0.25) is 9.78 Å². The zero-order chi connectivity index (χ0) is 24.4. The van der Waals surface area contributed by atoms with E-state index in [2.05, 4.69) is 20.6 Å². The molecule has 1 aromatic carbocycles. The number of aliphatic hydroxyl groups excluding tert-OH is 2. The molecule has 2 unspecified atom stereocenters. The number of methoxy groups -OCH3 is 1. The summed E-state index contributed by atoms with van der Waals surface area (Å²) in [5, 5.41) is 28.9. The maximum Gasteiger partial charge on any atom is 0.235 e. The number of anilines is 1. The molecule has 10 heteroatoms. The Labute approximate surface area is 207 Å². The molecule has 0 radical (unpaired) electrons. The lowest BCUT2D eigenvalue weighted by Gasteiger charge is -2.34. The second kappa shape index (κ2) is 10.5. The number of aromatic nitrogens is 2. The fraction of sp³-hybridized carbons (Fsp3) is 0.400. The summed E-state index contributed by atoms with van der Waals surface area (Å²) in [5.41, 5.74) is 2.15. The lowest BCUT2D eigenvalue weighted by Crippen LogP contribution is -2.45. The molecule has 3 aromatic rings. The Kier molecular flexibility index (Phi) is 7.17. The Bertz CT molecular complexity index is 1220. The molecule has 1 saturated heterocycles. The molecule has 2 aromatic heterocycles. The fourth-order valence-electron chi connectivity index (χ4n) is 4.46. The lowest BCUT2D eigenvalue weighted by atomic mass is 9.92. The molecule has 4 heterocycles. The SMILES string of the molecule is COc1cnc2cccc(C(O)C(O)[C@@H]3CC[C@@H](NCc4ccc5c(n4)NC(=O)CS5)CO3)c2c1. The van der Waals surface area contributed by atoms with Gasteiger partial charge < -0.3 is 30.3 Å². The van der Waals surface area contributed by atoms with E-state index in [4.69, 9.17) is 9.47 Å². The molecule has 184 valence electrons.